The molecule has 0 amide bonds. The third-order valence-electron chi connectivity index (χ3n) is 3.43. The van der Waals surface area contributed by atoms with Crippen LogP contribution in [0.5, 0.6) is 17.2 Å². The van der Waals surface area contributed by atoms with E-state index in [1.165, 1.54) is 39.5 Å². The van der Waals surface area contributed by atoms with Crippen molar-refractivity contribution >= 4 is 35.1 Å². The summed E-state index contributed by atoms with van der Waals surface area (Å²) in [5, 5.41) is -0.0765. The minimum atomic E-state index is -0.716. The fraction of sp³-hybridized carbons (Fsp3) is 0.167. The number of carbonyl (C=O) groups is 1. The second-order valence-electron chi connectivity index (χ2n) is 4.89. The van der Waals surface area contributed by atoms with Crippen LogP contribution < -0.4 is 14.2 Å². The number of carbonyl (C=O) groups excluding carboxylic acids is 1. The number of ether oxygens (including phenoxy) is 3. The lowest BCUT2D eigenvalue weighted by Gasteiger charge is -2.12. The van der Waals surface area contributed by atoms with Crippen LogP contribution in [-0.2, 0) is 0 Å². The summed E-state index contributed by atoms with van der Waals surface area (Å²) in [4.78, 5) is 12.3. The van der Waals surface area contributed by atoms with Crippen molar-refractivity contribution in [2.75, 3.05) is 21.3 Å². The molecule has 0 saturated carbocycles. The Labute approximate surface area is 154 Å². The highest BCUT2D eigenvalue weighted by Gasteiger charge is 2.14. The summed E-state index contributed by atoms with van der Waals surface area (Å²) in [6.45, 7) is 0. The zero-order chi connectivity index (χ0) is 18.6. The van der Waals surface area contributed by atoms with E-state index < -0.39 is 11.6 Å². The van der Waals surface area contributed by atoms with Crippen molar-refractivity contribution in [3.8, 4) is 17.2 Å². The molecular weight excluding hydrogens is 370 g/mol. The molecule has 0 aliphatic carbocycles. The van der Waals surface area contributed by atoms with Crippen molar-refractivity contribution in [1.82, 2.24) is 0 Å². The molecule has 0 N–H and O–H groups in total. The van der Waals surface area contributed by atoms with Crippen LogP contribution in [0.4, 0.5) is 4.39 Å². The topological polar surface area (TPSA) is 44.8 Å². The maximum atomic E-state index is 13.6. The largest absolute Gasteiger partial charge is 0.496 e. The van der Waals surface area contributed by atoms with Gasteiger partial charge in [-0.05, 0) is 30.4 Å². The highest BCUT2D eigenvalue weighted by Crippen LogP contribution is 2.35. The maximum Gasteiger partial charge on any atom is 0.187 e. The van der Waals surface area contributed by atoms with Crippen molar-refractivity contribution in [3.05, 3.63) is 57.3 Å². The van der Waals surface area contributed by atoms with Crippen molar-refractivity contribution in [2.45, 2.75) is 0 Å². The van der Waals surface area contributed by atoms with Gasteiger partial charge in [-0.3, -0.25) is 4.79 Å². The minimum Gasteiger partial charge on any atom is -0.496 e. The Bertz CT molecular complexity index is 834. The van der Waals surface area contributed by atoms with Crippen LogP contribution in [0.3, 0.4) is 0 Å². The average molecular weight is 385 g/mol. The fourth-order valence-corrected chi connectivity index (χ4v) is 2.63. The van der Waals surface area contributed by atoms with Gasteiger partial charge in [0.1, 0.15) is 11.6 Å². The zero-order valence-corrected chi connectivity index (χ0v) is 15.2. The van der Waals surface area contributed by atoms with Gasteiger partial charge in [0.2, 0.25) is 0 Å². The summed E-state index contributed by atoms with van der Waals surface area (Å²) in [5.41, 5.74) is 0.596. The SMILES string of the molecule is COc1cc(OC)c(OC)cc1/C=C/C(=O)c1cc(F)c(Cl)cc1Cl. The highest BCUT2D eigenvalue weighted by atomic mass is 35.5. The lowest BCUT2D eigenvalue weighted by Crippen LogP contribution is -1.98. The van der Waals surface area contributed by atoms with E-state index in [9.17, 15) is 9.18 Å². The first-order chi connectivity index (χ1) is 11.9. The molecule has 0 radical (unpaired) electrons. The summed E-state index contributed by atoms with van der Waals surface area (Å²) < 4.78 is 29.3. The van der Waals surface area contributed by atoms with E-state index >= 15 is 0 Å². The van der Waals surface area contributed by atoms with Gasteiger partial charge >= 0.3 is 0 Å². The number of rotatable bonds is 6. The van der Waals surface area contributed by atoms with Crippen LogP contribution in [0, 0.1) is 5.82 Å². The third-order valence-corrected chi connectivity index (χ3v) is 4.03. The van der Waals surface area contributed by atoms with E-state index in [0.29, 0.717) is 22.8 Å². The number of hydrogen-bond acceptors (Lipinski definition) is 4. The lowest BCUT2D eigenvalue weighted by atomic mass is 10.1. The quantitative estimate of drug-likeness (QED) is 0.396. The summed E-state index contributed by atoms with van der Waals surface area (Å²) in [6, 6.07) is 5.49. The highest BCUT2D eigenvalue weighted by molar-refractivity contribution is 6.37. The molecule has 0 aromatic heterocycles. The van der Waals surface area contributed by atoms with Gasteiger partial charge in [-0.1, -0.05) is 23.2 Å². The van der Waals surface area contributed by atoms with Gasteiger partial charge < -0.3 is 14.2 Å². The van der Waals surface area contributed by atoms with Crippen molar-refractivity contribution in [2.24, 2.45) is 0 Å². The summed E-state index contributed by atoms with van der Waals surface area (Å²) in [6.07, 6.45) is 2.78. The van der Waals surface area contributed by atoms with Crippen molar-refractivity contribution < 1.29 is 23.4 Å². The van der Waals surface area contributed by atoms with E-state index in [1.807, 2.05) is 0 Å². The minimum absolute atomic E-state index is 0.0132. The molecule has 4 nitrogen and oxygen atoms in total. The maximum absolute atomic E-state index is 13.6. The van der Waals surface area contributed by atoms with E-state index in [0.717, 1.165) is 6.07 Å². The molecule has 0 heterocycles. The van der Waals surface area contributed by atoms with Gasteiger partial charge in [-0.25, -0.2) is 4.39 Å². The number of methoxy groups -OCH3 is 3. The molecule has 0 spiro atoms. The fourth-order valence-electron chi connectivity index (χ4n) is 2.15. The van der Waals surface area contributed by atoms with Gasteiger partial charge in [0.25, 0.3) is 0 Å². The molecule has 0 aliphatic rings. The van der Waals surface area contributed by atoms with Crippen molar-refractivity contribution in [1.29, 1.82) is 0 Å². The standard InChI is InChI=1S/C18H15Cl2FO4/c1-23-16-9-18(25-3)17(24-2)6-10(16)4-5-15(22)11-7-14(21)13(20)8-12(11)19/h4-9H,1-3H3/b5-4+. The number of ketones is 1. The monoisotopic (exact) mass is 384 g/mol. The van der Waals surface area contributed by atoms with Gasteiger partial charge in [0.15, 0.2) is 17.3 Å². The molecule has 132 valence electrons. The van der Waals surface area contributed by atoms with E-state index in [-0.39, 0.29) is 15.6 Å². The normalized spacial score (nSPS) is 10.8. The molecular formula is C18H15Cl2FO4. The predicted octanol–water partition coefficient (Wildman–Crippen LogP) is 5.05. The van der Waals surface area contributed by atoms with Gasteiger partial charge in [0, 0.05) is 17.2 Å². The van der Waals surface area contributed by atoms with Gasteiger partial charge in [-0.15, -0.1) is 0 Å². The third kappa shape index (κ3) is 4.24. The first-order valence-corrected chi connectivity index (χ1v) is 7.83. The van der Waals surface area contributed by atoms with Crippen LogP contribution in [0.1, 0.15) is 15.9 Å². The van der Waals surface area contributed by atoms with Crippen LogP contribution in [0.2, 0.25) is 10.0 Å². The van der Waals surface area contributed by atoms with Gasteiger partial charge in [-0.2, -0.15) is 0 Å². The molecule has 0 atom stereocenters. The first kappa shape index (κ1) is 19.1. The molecule has 25 heavy (non-hydrogen) atoms. The summed E-state index contributed by atoms with van der Waals surface area (Å²) >= 11 is 11.6. The van der Waals surface area contributed by atoms with E-state index in [1.54, 1.807) is 12.1 Å². The Hall–Kier alpha value is -2.24. The van der Waals surface area contributed by atoms with E-state index in [2.05, 4.69) is 0 Å². The molecule has 2 aromatic rings. The molecule has 0 aliphatic heterocycles. The lowest BCUT2D eigenvalue weighted by molar-refractivity contribution is 0.104. The number of allylic oxidation sites excluding steroid dienone is 1. The van der Waals surface area contributed by atoms with E-state index in [4.69, 9.17) is 37.4 Å². The Kier molecular flexibility index (Phi) is 6.28. The smallest absolute Gasteiger partial charge is 0.187 e. The molecule has 0 bridgehead atoms. The average Bonchev–Trinajstić information content (AvgIpc) is 2.61. The molecule has 0 saturated heterocycles. The second kappa shape index (κ2) is 8.23. The molecule has 0 unspecified atom stereocenters. The number of benzene rings is 2. The second-order valence-corrected chi connectivity index (χ2v) is 5.71. The summed E-state index contributed by atoms with van der Waals surface area (Å²) in [5.74, 6) is 0.260. The van der Waals surface area contributed by atoms with Crippen molar-refractivity contribution in [3.63, 3.8) is 0 Å². The zero-order valence-electron chi connectivity index (χ0n) is 13.7. The Balaban J connectivity index is 2.38. The Morgan fingerprint density at radius 3 is 2.12 bits per heavy atom. The van der Waals surface area contributed by atoms with Crippen LogP contribution >= 0.6 is 23.2 Å². The van der Waals surface area contributed by atoms with Crippen LogP contribution in [-0.4, -0.2) is 27.1 Å². The molecule has 0 fully saturated rings. The summed E-state index contributed by atoms with van der Waals surface area (Å²) in [7, 11) is 4.50. The number of halogens is 3. The van der Waals surface area contributed by atoms with Gasteiger partial charge in [0.05, 0.1) is 31.4 Å². The Morgan fingerprint density at radius 1 is 0.920 bits per heavy atom. The molecule has 2 aromatic carbocycles. The van der Waals surface area contributed by atoms with Crippen LogP contribution in [0.15, 0.2) is 30.3 Å². The van der Waals surface area contributed by atoms with Crippen LogP contribution in [0.25, 0.3) is 6.08 Å². The molecule has 7 heteroatoms. The first-order valence-electron chi connectivity index (χ1n) is 7.08. The molecule has 2 rings (SSSR count). The number of hydrogen-bond donors (Lipinski definition) is 0. The Morgan fingerprint density at radius 2 is 1.52 bits per heavy atom. The predicted molar refractivity (Wildman–Crippen MR) is 95.9 cm³/mol.